The van der Waals surface area contributed by atoms with E-state index in [4.69, 9.17) is 11.6 Å². The summed E-state index contributed by atoms with van der Waals surface area (Å²) in [6.45, 7) is 0.377. The molecule has 1 aliphatic heterocycles. The summed E-state index contributed by atoms with van der Waals surface area (Å²) >= 11 is 5.77. The van der Waals surface area contributed by atoms with Crippen molar-refractivity contribution >= 4 is 29.4 Å². The molecule has 0 aromatic heterocycles. The van der Waals surface area contributed by atoms with Crippen LogP contribution < -0.4 is 4.90 Å². The zero-order valence-corrected chi connectivity index (χ0v) is 10.3. The van der Waals surface area contributed by atoms with Crippen molar-refractivity contribution in [2.75, 3.05) is 11.4 Å². The number of fused-ring (bicyclic) bond motifs is 1. The summed E-state index contributed by atoms with van der Waals surface area (Å²) in [6.07, 6.45) is 2.72. The average Bonchev–Trinajstić information content (AvgIpc) is 3.17. The fourth-order valence-corrected chi connectivity index (χ4v) is 2.56. The van der Waals surface area contributed by atoms with Gasteiger partial charge < -0.3 is 9.69 Å². The van der Waals surface area contributed by atoms with Gasteiger partial charge in [0.2, 0.25) is 0 Å². The summed E-state index contributed by atoms with van der Waals surface area (Å²) in [5.74, 6) is -1.63. The molecular weight excluding hydrogens is 257 g/mol. The fourth-order valence-electron chi connectivity index (χ4n) is 2.40. The van der Waals surface area contributed by atoms with Gasteiger partial charge >= 0.3 is 0 Å². The SMILES string of the molecule is O=CC1CN(C2CC2)c2cc(Cl)c(F)cc2C1=O. The Bertz CT molecular complexity index is 542. The van der Waals surface area contributed by atoms with Gasteiger partial charge in [0.15, 0.2) is 5.78 Å². The molecule has 0 N–H and O–H groups in total. The summed E-state index contributed by atoms with van der Waals surface area (Å²) in [5.41, 5.74) is 0.930. The Morgan fingerprint density at radius 2 is 2.11 bits per heavy atom. The monoisotopic (exact) mass is 267 g/mol. The van der Waals surface area contributed by atoms with Crippen LogP contribution in [0.15, 0.2) is 12.1 Å². The normalized spacial score (nSPS) is 22.9. The van der Waals surface area contributed by atoms with Crippen molar-refractivity contribution in [2.45, 2.75) is 18.9 Å². The fraction of sp³-hybridized carbons (Fsp3) is 0.385. The number of benzene rings is 1. The van der Waals surface area contributed by atoms with Crippen LogP contribution in [0.3, 0.4) is 0 Å². The molecule has 1 aromatic carbocycles. The van der Waals surface area contributed by atoms with Crippen LogP contribution in [-0.2, 0) is 4.79 Å². The second kappa shape index (κ2) is 4.05. The van der Waals surface area contributed by atoms with E-state index in [1.165, 1.54) is 6.07 Å². The number of carbonyl (C=O) groups is 2. The lowest BCUT2D eigenvalue weighted by Gasteiger charge is -2.33. The molecule has 0 saturated heterocycles. The Balaban J connectivity index is 2.13. The number of hydrogen-bond donors (Lipinski definition) is 0. The van der Waals surface area contributed by atoms with Crippen LogP contribution >= 0.6 is 11.6 Å². The second-order valence-electron chi connectivity index (χ2n) is 4.77. The largest absolute Gasteiger partial charge is 0.367 e. The summed E-state index contributed by atoms with van der Waals surface area (Å²) in [5, 5.41) is 0.0109. The molecule has 1 fully saturated rings. The highest BCUT2D eigenvalue weighted by atomic mass is 35.5. The van der Waals surface area contributed by atoms with E-state index < -0.39 is 11.7 Å². The lowest BCUT2D eigenvalue weighted by molar-refractivity contribution is -0.109. The number of nitrogens with zero attached hydrogens (tertiary/aromatic N) is 1. The standard InChI is InChI=1S/C13H11ClFNO2/c14-10-4-12-9(3-11(10)15)13(18)7(6-17)5-16(12)8-1-2-8/h3-4,6-8H,1-2,5H2. The van der Waals surface area contributed by atoms with Gasteiger partial charge in [0.05, 0.1) is 10.9 Å². The number of aldehydes is 1. The Kier molecular flexibility index (Phi) is 2.63. The van der Waals surface area contributed by atoms with E-state index >= 15 is 0 Å². The maximum Gasteiger partial charge on any atom is 0.177 e. The molecule has 1 aromatic rings. The smallest absolute Gasteiger partial charge is 0.177 e. The van der Waals surface area contributed by atoms with E-state index in [0.29, 0.717) is 24.6 Å². The van der Waals surface area contributed by atoms with Crippen LogP contribution in [0.5, 0.6) is 0 Å². The van der Waals surface area contributed by atoms with Gasteiger partial charge in [-0.25, -0.2) is 4.39 Å². The lowest BCUT2D eigenvalue weighted by Crippen LogP contribution is -2.41. The zero-order valence-electron chi connectivity index (χ0n) is 9.53. The first-order valence-corrected chi connectivity index (χ1v) is 6.25. The van der Waals surface area contributed by atoms with Crippen LogP contribution in [-0.4, -0.2) is 24.7 Å². The molecule has 3 rings (SSSR count). The second-order valence-corrected chi connectivity index (χ2v) is 5.18. The van der Waals surface area contributed by atoms with E-state index in [-0.39, 0.29) is 16.4 Å². The van der Waals surface area contributed by atoms with Gasteiger partial charge in [0, 0.05) is 23.8 Å². The lowest BCUT2D eigenvalue weighted by atomic mass is 9.91. The van der Waals surface area contributed by atoms with Crippen LogP contribution in [0.25, 0.3) is 0 Å². The highest BCUT2D eigenvalue weighted by Gasteiger charge is 2.39. The van der Waals surface area contributed by atoms with Gasteiger partial charge in [-0.3, -0.25) is 4.79 Å². The molecule has 2 aliphatic rings. The summed E-state index contributed by atoms with van der Waals surface area (Å²) < 4.78 is 13.5. The number of hydrogen-bond acceptors (Lipinski definition) is 3. The molecule has 1 saturated carbocycles. The predicted molar refractivity (Wildman–Crippen MR) is 65.7 cm³/mol. The van der Waals surface area contributed by atoms with E-state index in [1.807, 2.05) is 4.90 Å². The molecule has 5 heteroatoms. The number of ketones is 1. The van der Waals surface area contributed by atoms with E-state index in [9.17, 15) is 14.0 Å². The van der Waals surface area contributed by atoms with E-state index in [2.05, 4.69) is 0 Å². The van der Waals surface area contributed by atoms with Crippen LogP contribution in [0.4, 0.5) is 10.1 Å². The first-order valence-electron chi connectivity index (χ1n) is 5.87. The maximum absolute atomic E-state index is 13.5. The molecule has 1 atom stereocenters. The van der Waals surface area contributed by atoms with Gasteiger partial charge in [-0.2, -0.15) is 0 Å². The molecule has 1 unspecified atom stereocenters. The van der Waals surface area contributed by atoms with Crippen molar-refractivity contribution in [1.29, 1.82) is 0 Å². The zero-order chi connectivity index (χ0) is 12.9. The first-order chi connectivity index (χ1) is 8.61. The molecule has 0 bridgehead atoms. The summed E-state index contributed by atoms with van der Waals surface area (Å²) in [4.78, 5) is 25.0. The van der Waals surface area contributed by atoms with Crippen molar-refractivity contribution in [3.05, 3.63) is 28.5 Å². The third-order valence-corrected chi connectivity index (χ3v) is 3.79. The van der Waals surface area contributed by atoms with Gasteiger partial charge in [-0.1, -0.05) is 11.6 Å². The Hall–Kier alpha value is -1.42. The summed E-state index contributed by atoms with van der Waals surface area (Å²) in [7, 11) is 0. The van der Waals surface area contributed by atoms with Crippen molar-refractivity contribution in [1.82, 2.24) is 0 Å². The number of halogens is 2. The van der Waals surface area contributed by atoms with Crippen LogP contribution in [0.1, 0.15) is 23.2 Å². The van der Waals surface area contributed by atoms with Gasteiger partial charge in [0.1, 0.15) is 12.1 Å². The Labute approximate surface area is 109 Å². The van der Waals surface area contributed by atoms with E-state index in [1.54, 1.807) is 0 Å². The molecule has 18 heavy (non-hydrogen) atoms. The quantitative estimate of drug-likeness (QED) is 0.610. The number of carbonyl (C=O) groups excluding carboxylic acids is 2. The minimum Gasteiger partial charge on any atom is -0.367 e. The van der Waals surface area contributed by atoms with Gasteiger partial charge in [0.25, 0.3) is 0 Å². The first kappa shape index (κ1) is 11.7. The van der Waals surface area contributed by atoms with Crippen molar-refractivity contribution in [3.63, 3.8) is 0 Å². The third kappa shape index (κ3) is 1.72. The van der Waals surface area contributed by atoms with Gasteiger partial charge in [-0.05, 0) is 25.0 Å². The minimum absolute atomic E-state index is 0.0109. The molecule has 1 aliphatic carbocycles. The predicted octanol–water partition coefficient (Wildman–Crippen LogP) is 2.46. The molecule has 1 heterocycles. The number of rotatable bonds is 2. The Morgan fingerprint density at radius 1 is 1.39 bits per heavy atom. The third-order valence-electron chi connectivity index (χ3n) is 3.50. The number of Topliss-reactive ketones (excluding diaryl/α,β-unsaturated/α-hetero) is 1. The average molecular weight is 268 g/mol. The maximum atomic E-state index is 13.5. The van der Waals surface area contributed by atoms with E-state index in [0.717, 1.165) is 18.9 Å². The van der Waals surface area contributed by atoms with Crippen LogP contribution in [0.2, 0.25) is 5.02 Å². The highest BCUT2D eigenvalue weighted by Crippen LogP contribution is 2.39. The molecule has 3 nitrogen and oxygen atoms in total. The molecule has 0 radical (unpaired) electrons. The minimum atomic E-state index is -0.696. The van der Waals surface area contributed by atoms with Crippen LogP contribution in [0, 0.1) is 11.7 Å². The molecule has 0 amide bonds. The number of anilines is 1. The van der Waals surface area contributed by atoms with Crippen molar-refractivity contribution in [3.8, 4) is 0 Å². The molecule has 94 valence electrons. The highest BCUT2D eigenvalue weighted by molar-refractivity contribution is 6.31. The van der Waals surface area contributed by atoms with Gasteiger partial charge in [-0.15, -0.1) is 0 Å². The Morgan fingerprint density at radius 3 is 2.72 bits per heavy atom. The molecule has 0 spiro atoms. The summed E-state index contributed by atoms with van der Waals surface area (Å²) in [6, 6.07) is 2.98. The van der Waals surface area contributed by atoms with Crippen molar-refractivity contribution < 1.29 is 14.0 Å². The van der Waals surface area contributed by atoms with Crippen molar-refractivity contribution in [2.24, 2.45) is 5.92 Å². The molecular formula is C13H11ClFNO2. The topological polar surface area (TPSA) is 37.4 Å².